The Morgan fingerprint density at radius 2 is 1.83 bits per heavy atom. The Morgan fingerprint density at radius 3 is 2.47 bits per heavy atom. The third-order valence-corrected chi connectivity index (χ3v) is 6.53. The van der Waals surface area contributed by atoms with Gasteiger partial charge in [0.05, 0.1) is 13.0 Å². The molecule has 0 aromatic carbocycles. The molecule has 166 valence electrons. The van der Waals surface area contributed by atoms with Gasteiger partial charge in [-0.25, -0.2) is 4.79 Å². The molecule has 10 heteroatoms. The van der Waals surface area contributed by atoms with Crippen LogP contribution in [0, 0.1) is 11.8 Å². The van der Waals surface area contributed by atoms with E-state index in [-0.39, 0.29) is 23.7 Å². The Labute approximate surface area is 175 Å². The largest absolute Gasteiger partial charge is 0.469 e. The molecular weight excluding hydrogens is 394 g/mol. The average Bonchev–Trinajstić information content (AvgIpc) is 2.98. The number of rotatable bonds is 5. The fourth-order valence-electron chi connectivity index (χ4n) is 4.58. The number of urea groups is 1. The zero-order valence-corrected chi connectivity index (χ0v) is 17.5. The second kappa shape index (κ2) is 9.01. The number of esters is 2. The lowest BCUT2D eigenvalue weighted by Crippen LogP contribution is -2.54. The van der Waals surface area contributed by atoms with E-state index in [2.05, 4.69) is 5.32 Å². The monoisotopic (exact) mass is 423 g/mol. The first-order valence-corrected chi connectivity index (χ1v) is 10.4. The third kappa shape index (κ3) is 4.27. The van der Waals surface area contributed by atoms with Crippen molar-refractivity contribution in [2.75, 3.05) is 33.4 Å². The molecule has 3 aliphatic rings. The predicted molar refractivity (Wildman–Crippen MR) is 103 cm³/mol. The number of piperidine rings is 1. The van der Waals surface area contributed by atoms with Gasteiger partial charge in [0.15, 0.2) is 6.61 Å². The number of likely N-dealkylation sites (tertiary alicyclic amines) is 1. The molecule has 3 rings (SSSR count). The van der Waals surface area contributed by atoms with Gasteiger partial charge < -0.3 is 19.7 Å². The molecule has 0 radical (unpaired) electrons. The van der Waals surface area contributed by atoms with E-state index < -0.39 is 36.6 Å². The smallest absolute Gasteiger partial charge is 0.326 e. The lowest BCUT2D eigenvalue weighted by atomic mass is 9.73. The fourth-order valence-corrected chi connectivity index (χ4v) is 4.58. The summed E-state index contributed by atoms with van der Waals surface area (Å²) in [6, 6.07) is -0.595. The van der Waals surface area contributed by atoms with Gasteiger partial charge in [-0.1, -0.05) is 19.8 Å². The SMILES string of the molecule is COC(=O)C1CCN(C(=O)COC(=O)CN2C(=O)N[C@]3(CCCC[C@H]3C)C2=O)CC1. The van der Waals surface area contributed by atoms with Gasteiger partial charge in [-0.15, -0.1) is 0 Å². The number of amides is 4. The van der Waals surface area contributed by atoms with Crippen LogP contribution in [0.1, 0.15) is 45.4 Å². The van der Waals surface area contributed by atoms with Crippen LogP contribution < -0.4 is 5.32 Å². The van der Waals surface area contributed by atoms with E-state index in [1.807, 2.05) is 6.92 Å². The van der Waals surface area contributed by atoms with E-state index in [0.29, 0.717) is 32.4 Å². The predicted octanol–water partition coefficient (Wildman–Crippen LogP) is 0.442. The molecule has 2 atom stereocenters. The van der Waals surface area contributed by atoms with Gasteiger partial charge in [0.25, 0.3) is 11.8 Å². The Bertz CT molecular complexity index is 732. The van der Waals surface area contributed by atoms with E-state index in [4.69, 9.17) is 9.47 Å². The summed E-state index contributed by atoms with van der Waals surface area (Å²) in [5.74, 6) is -2.09. The van der Waals surface area contributed by atoms with Crippen molar-refractivity contribution in [2.24, 2.45) is 11.8 Å². The van der Waals surface area contributed by atoms with E-state index >= 15 is 0 Å². The highest BCUT2D eigenvalue weighted by molar-refractivity contribution is 6.09. The Morgan fingerprint density at radius 1 is 1.13 bits per heavy atom. The van der Waals surface area contributed by atoms with Gasteiger partial charge in [-0.3, -0.25) is 24.1 Å². The number of nitrogens with zero attached hydrogens (tertiary/aromatic N) is 2. The maximum absolute atomic E-state index is 12.9. The van der Waals surface area contributed by atoms with Crippen LogP contribution in [-0.2, 0) is 28.7 Å². The molecule has 1 aliphatic carbocycles. The average molecular weight is 423 g/mol. The van der Waals surface area contributed by atoms with Crippen LogP contribution in [0.3, 0.4) is 0 Å². The lowest BCUT2D eigenvalue weighted by molar-refractivity contribution is -0.155. The lowest BCUT2D eigenvalue weighted by Gasteiger charge is -2.36. The highest BCUT2D eigenvalue weighted by atomic mass is 16.5. The molecule has 2 saturated heterocycles. The minimum absolute atomic E-state index is 0.00165. The summed E-state index contributed by atoms with van der Waals surface area (Å²) in [6.07, 6.45) is 4.24. The second-order valence-corrected chi connectivity index (χ2v) is 8.28. The van der Waals surface area contributed by atoms with Crippen LogP contribution in [-0.4, -0.2) is 78.5 Å². The van der Waals surface area contributed by atoms with Crippen LogP contribution >= 0.6 is 0 Å². The summed E-state index contributed by atoms with van der Waals surface area (Å²) in [4.78, 5) is 63.6. The van der Waals surface area contributed by atoms with E-state index in [1.165, 1.54) is 12.0 Å². The van der Waals surface area contributed by atoms with Crippen molar-refractivity contribution in [3.05, 3.63) is 0 Å². The second-order valence-electron chi connectivity index (χ2n) is 8.28. The number of methoxy groups -OCH3 is 1. The molecule has 10 nitrogen and oxygen atoms in total. The van der Waals surface area contributed by atoms with Crippen molar-refractivity contribution in [2.45, 2.75) is 51.0 Å². The molecule has 1 N–H and O–H groups in total. The van der Waals surface area contributed by atoms with Crippen LogP contribution in [0.15, 0.2) is 0 Å². The number of hydrogen-bond acceptors (Lipinski definition) is 7. The zero-order valence-electron chi connectivity index (χ0n) is 17.5. The van der Waals surface area contributed by atoms with Crippen LogP contribution in [0.5, 0.6) is 0 Å². The molecule has 1 spiro atoms. The number of carbonyl (C=O) groups excluding carboxylic acids is 5. The summed E-state index contributed by atoms with van der Waals surface area (Å²) in [7, 11) is 1.33. The molecule has 3 fully saturated rings. The summed E-state index contributed by atoms with van der Waals surface area (Å²) in [6.45, 7) is 1.71. The van der Waals surface area contributed by atoms with Crippen LogP contribution in [0.25, 0.3) is 0 Å². The van der Waals surface area contributed by atoms with Crippen molar-refractivity contribution in [1.29, 1.82) is 0 Å². The maximum Gasteiger partial charge on any atom is 0.326 e. The molecule has 4 amide bonds. The van der Waals surface area contributed by atoms with Crippen molar-refractivity contribution < 1.29 is 33.4 Å². The summed E-state index contributed by atoms with van der Waals surface area (Å²) < 4.78 is 9.73. The number of ether oxygens (including phenoxy) is 2. The van der Waals surface area contributed by atoms with Crippen molar-refractivity contribution in [3.63, 3.8) is 0 Å². The fraction of sp³-hybridized carbons (Fsp3) is 0.750. The summed E-state index contributed by atoms with van der Waals surface area (Å²) >= 11 is 0. The molecule has 0 aromatic rings. The highest BCUT2D eigenvalue weighted by Gasteiger charge is 2.55. The molecule has 0 aromatic heterocycles. The van der Waals surface area contributed by atoms with Crippen molar-refractivity contribution >= 4 is 29.8 Å². The molecule has 2 heterocycles. The van der Waals surface area contributed by atoms with Gasteiger partial charge in [0.1, 0.15) is 12.1 Å². The number of hydrogen-bond donors (Lipinski definition) is 1. The minimum atomic E-state index is -0.935. The Hall–Kier alpha value is -2.65. The zero-order chi connectivity index (χ0) is 21.9. The van der Waals surface area contributed by atoms with Gasteiger partial charge in [0, 0.05) is 13.1 Å². The third-order valence-electron chi connectivity index (χ3n) is 6.53. The van der Waals surface area contributed by atoms with E-state index in [9.17, 15) is 24.0 Å². The van der Waals surface area contributed by atoms with Gasteiger partial charge >= 0.3 is 18.0 Å². The van der Waals surface area contributed by atoms with Crippen molar-refractivity contribution in [3.8, 4) is 0 Å². The molecule has 1 saturated carbocycles. The van der Waals surface area contributed by atoms with Gasteiger partial charge in [-0.2, -0.15) is 0 Å². The van der Waals surface area contributed by atoms with Gasteiger partial charge in [-0.05, 0) is 31.6 Å². The molecule has 0 unspecified atom stereocenters. The number of nitrogens with one attached hydrogen (secondary N) is 1. The first-order chi connectivity index (χ1) is 14.3. The van der Waals surface area contributed by atoms with E-state index in [1.54, 1.807) is 0 Å². The summed E-state index contributed by atoms with van der Waals surface area (Å²) in [5, 5.41) is 2.78. The highest BCUT2D eigenvalue weighted by Crippen LogP contribution is 2.38. The first-order valence-electron chi connectivity index (χ1n) is 10.4. The van der Waals surface area contributed by atoms with Crippen molar-refractivity contribution in [1.82, 2.24) is 15.1 Å². The molecule has 2 aliphatic heterocycles. The molecule has 0 bridgehead atoms. The molecule has 30 heavy (non-hydrogen) atoms. The molecular formula is C20H29N3O7. The summed E-state index contributed by atoms with van der Waals surface area (Å²) in [5.41, 5.74) is -0.935. The van der Waals surface area contributed by atoms with Crippen LogP contribution in [0.2, 0.25) is 0 Å². The normalized spacial score (nSPS) is 27.2. The minimum Gasteiger partial charge on any atom is -0.469 e. The topological polar surface area (TPSA) is 122 Å². The standard InChI is InChI=1S/C20H29N3O7/c1-13-5-3-4-8-20(13)18(27)23(19(28)21-20)11-16(25)30-12-15(24)22-9-6-14(7-10-22)17(26)29-2/h13-14H,3-12H2,1-2H3,(H,21,28)/t13-,20+/m1/s1. The van der Waals surface area contributed by atoms with E-state index in [0.717, 1.165) is 24.2 Å². The first kappa shape index (κ1) is 22.0. The number of carbonyl (C=O) groups is 5. The quantitative estimate of drug-likeness (QED) is 0.503. The number of imide groups is 1. The Kier molecular flexibility index (Phi) is 6.62. The van der Waals surface area contributed by atoms with Crippen LogP contribution in [0.4, 0.5) is 4.79 Å². The Balaban J connectivity index is 1.47. The van der Waals surface area contributed by atoms with Gasteiger partial charge in [0.2, 0.25) is 0 Å². The maximum atomic E-state index is 12.9.